The van der Waals surface area contributed by atoms with E-state index in [2.05, 4.69) is 6.58 Å². The maximum Gasteiger partial charge on any atom is 0.244 e. The minimum absolute atomic E-state index is 0.0538. The van der Waals surface area contributed by atoms with Gasteiger partial charge in [-0.25, -0.2) is 8.78 Å². The van der Waals surface area contributed by atoms with Crippen LogP contribution < -0.4 is 0 Å². The first-order chi connectivity index (χ1) is 6.00. The van der Waals surface area contributed by atoms with Crippen LogP contribution in [0.4, 0.5) is 8.78 Å². The molecule has 1 saturated heterocycles. The Balaban J connectivity index is 2.23. The summed E-state index contributed by atoms with van der Waals surface area (Å²) in [6.45, 7) is 8.17. The van der Waals surface area contributed by atoms with Crippen LogP contribution in [0.5, 0.6) is 0 Å². The van der Waals surface area contributed by atoms with E-state index in [1.165, 1.54) is 0 Å². The lowest BCUT2D eigenvalue weighted by atomic mass is 10.0. The van der Waals surface area contributed by atoms with E-state index < -0.39 is 12.3 Å². The summed E-state index contributed by atoms with van der Waals surface area (Å²) < 4.78 is 29.4. The van der Waals surface area contributed by atoms with E-state index in [9.17, 15) is 8.78 Å². The van der Waals surface area contributed by atoms with Crippen LogP contribution in [0.25, 0.3) is 0 Å². The van der Waals surface area contributed by atoms with Gasteiger partial charge in [0.15, 0.2) is 5.88 Å². The average molecular weight is 191 g/mol. The first-order valence-corrected chi connectivity index (χ1v) is 4.39. The second-order valence-corrected chi connectivity index (χ2v) is 3.56. The zero-order valence-corrected chi connectivity index (χ0v) is 7.96. The van der Waals surface area contributed by atoms with Gasteiger partial charge in [0.1, 0.15) is 0 Å². The average Bonchev–Trinajstić information content (AvgIpc) is 1.79. The lowest BCUT2D eigenvalue weighted by Gasteiger charge is -2.41. The number of nitrogens with zero attached hydrogens (tertiary/aromatic N) is 1. The number of likely N-dealkylation sites (tertiary alicyclic amines) is 1. The molecule has 0 aromatic rings. The van der Waals surface area contributed by atoms with E-state index >= 15 is 0 Å². The minimum Gasteiger partial charge on any atom is -0.477 e. The molecule has 1 heterocycles. The lowest BCUT2D eigenvalue weighted by molar-refractivity contribution is -0.0461. The predicted octanol–water partition coefficient (Wildman–Crippen LogP) is 2.08. The zero-order valence-electron chi connectivity index (χ0n) is 7.96. The summed E-state index contributed by atoms with van der Waals surface area (Å²) in [4.78, 5) is 1.73. The molecule has 2 nitrogen and oxygen atoms in total. The van der Waals surface area contributed by atoms with Crippen LogP contribution in [0.2, 0.25) is 0 Å². The Labute approximate surface area is 77.2 Å². The van der Waals surface area contributed by atoms with Crippen LogP contribution in [0.3, 0.4) is 0 Å². The van der Waals surface area contributed by atoms with E-state index in [-0.39, 0.29) is 6.10 Å². The summed E-state index contributed by atoms with van der Waals surface area (Å²) in [5.41, 5.74) is 0. The molecule has 0 aromatic carbocycles. The molecule has 0 bridgehead atoms. The molecule has 76 valence electrons. The largest absolute Gasteiger partial charge is 0.477 e. The fourth-order valence-electron chi connectivity index (χ4n) is 1.22. The minimum atomic E-state index is -2.22. The van der Waals surface area contributed by atoms with Gasteiger partial charge in [0.2, 0.25) is 6.43 Å². The molecule has 0 N–H and O–H groups in total. The summed E-state index contributed by atoms with van der Waals surface area (Å²) in [5.74, 6) is -0.000544. The number of halogens is 2. The van der Waals surface area contributed by atoms with Crippen LogP contribution in [0, 0.1) is 5.92 Å². The molecule has 1 aliphatic heterocycles. The van der Waals surface area contributed by atoms with Crippen LogP contribution in [-0.2, 0) is 4.74 Å². The third-order valence-electron chi connectivity index (χ3n) is 1.99. The molecular formula is C9H15F2NO. The van der Waals surface area contributed by atoms with Crippen molar-refractivity contribution < 1.29 is 13.5 Å². The van der Waals surface area contributed by atoms with E-state index in [4.69, 9.17) is 4.74 Å². The van der Waals surface area contributed by atoms with Gasteiger partial charge < -0.3 is 9.64 Å². The monoisotopic (exact) mass is 191 g/mol. The Morgan fingerprint density at radius 3 is 2.38 bits per heavy atom. The topological polar surface area (TPSA) is 12.5 Å². The van der Waals surface area contributed by atoms with Gasteiger partial charge in [-0.05, 0) is 20.4 Å². The highest BCUT2D eigenvalue weighted by Crippen LogP contribution is 2.26. The Bertz CT molecular complexity index is 188. The fourth-order valence-corrected chi connectivity index (χ4v) is 1.22. The van der Waals surface area contributed by atoms with Crippen molar-refractivity contribution in [2.24, 2.45) is 5.92 Å². The summed E-state index contributed by atoms with van der Waals surface area (Å²) in [6.07, 6.45) is -2.17. The highest BCUT2D eigenvalue weighted by molar-refractivity contribution is 4.94. The maximum absolute atomic E-state index is 12.1. The Kier molecular flexibility index (Phi) is 3.12. The van der Waals surface area contributed by atoms with Gasteiger partial charge in [-0.15, -0.1) is 0 Å². The number of rotatable bonds is 4. The zero-order chi connectivity index (χ0) is 10.0. The van der Waals surface area contributed by atoms with Gasteiger partial charge in [0.25, 0.3) is 0 Å². The molecule has 0 radical (unpaired) electrons. The van der Waals surface area contributed by atoms with Crippen molar-refractivity contribution >= 4 is 0 Å². The van der Waals surface area contributed by atoms with Crippen molar-refractivity contribution in [3.05, 3.63) is 12.5 Å². The van der Waals surface area contributed by atoms with Crippen molar-refractivity contribution in [2.75, 3.05) is 13.1 Å². The first-order valence-electron chi connectivity index (χ1n) is 4.39. The molecule has 0 unspecified atom stereocenters. The molecule has 13 heavy (non-hydrogen) atoms. The second-order valence-electron chi connectivity index (χ2n) is 3.56. The van der Waals surface area contributed by atoms with Crippen molar-refractivity contribution in [1.29, 1.82) is 0 Å². The van der Waals surface area contributed by atoms with E-state index in [0.717, 1.165) is 0 Å². The molecule has 4 heteroatoms. The molecular weight excluding hydrogens is 176 g/mol. The third-order valence-corrected chi connectivity index (χ3v) is 1.99. The van der Waals surface area contributed by atoms with Crippen LogP contribution in [0.15, 0.2) is 12.5 Å². The van der Waals surface area contributed by atoms with Crippen LogP contribution >= 0.6 is 0 Å². The summed E-state index contributed by atoms with van der Waals surface area (Å²) in [6, 6.07) is 0. The van der Waals surface area contributed by atoms with Crippen LogP contribution in [-0.4, -0.2) is 30.5 Å². The first kappa shape index (κ1) is 10.3. The SMILES string of the molecule is C=C(OC(C)C)N1CC(C(F)F)C1. The van der Waals surface area contributed by atoms with E-state index in [1.807, 2.05) is 13.8 Å². The molecule has 0 aliphatic carbocycles. The van der Waals surface area contributed by atoms with Gasteiger partial charge >= 0.3 is 0 Å². The Morgan fingerprint density at radius 2 is 2.00 bits per heavy atom. The van der Waals surface area contributed by atoms with Gasteiger partial charge in [0, 0.05) is 13.1 Å². The quantitative estimate of drug-likeness (QED) is 0.631. The van der Waals surface area contributed by atoms with Gasteiger partial charge in [-0.2, -0.15) is 0 Å². The van der Waals surface area contributed by atoms with Crippen molar-refractivity contribution in [1.82, 2.24) is 4.90 Å². The molecule has 0 spiro atoms. The number of ether oxygens (including phenoxy) is 1. The van der Waals surface area contributed by atoms with Gasteiger partial charge in [0.05, 0.1) is 12.0 Å². The van der Waals surface area contributed by atoms with Crippen molar-refractivity contribution in [2.45, 2.75) is 26.4 Å². The highest BCUT2D eigenvalue weighted by atomic mass is 19.3. The number of alkyl halides is 2. The molecule has 0 amide bonds. The lowest BCUT2D eigenvalue weighted by Crippen LogP contribution is -2.49. The normalized spacial score (nSPS) is 17.8. The molecule has 0 atom stereocenters. The smallest absolute Gasteiger partial charge is 0.244 e. The maximum atomic E-state index is 12.1. The molecule has 0 aromatic heterocycles. The Hall–Kier alpha value is -0.800. The fraction of sp³-hybridized carbons (Fsp3) is 0.778. The van der Waals surface area contributed by atoms with Crippen molar-refractivity contribution in [3.8, 4) is 0 Å². The Morgan fingerprint density at radius 1 is 1.46 bits per heavy atom. The highest BCUT2D eigenvalue weighted by Gasteiger charge is 2.35. The van der Waals surface area contributed by atoms with E-state index in [1.54, 1.807) is 4.90 Å². The standard InChI is InChI=1S/C9H15F2NO/c1-6(2)13-7(3)12-4-8(5-12)9(10)11/h6,8-9H,3-5H2,1-2H3. The van der Waals surface area contributed by atoms with Gasteiger partial charge in [-0.3, -0.25) is 0 Å². The molecule has 0 saturated carbocycles. The number of hydrogen-bond acceptors (Lipinski definition) is 2. The molecule has 1 fully saturated rings. The predicted molar refractivity (Wildman–Crippen MR) is 46.4 cm³/mol. The van der Waals surface area contributed by atoms with Crippen molar-refractivity contribution in [3.63, 3.8) is 0 Å². The van der Waals surface area contributed by atoms with Gasteiger partial charge in [-0.1, -0.05) is 0 Å². The summed E-state index contributed by atoms with van der Waals surface area (Å²) in [7, 11) is 0. The number of hydrogen-bond donors (Lipinski definition) is 0. The second kappa shape index (κ2) is 3.94. The molecule has 1 rings (SSSR count). The summed E-state index contributed by atoms with van der Waals surface area (Å²) in [5, 5.41) is 0. The summed E-state index contributed by atoms with van der Waals surface area (Å²) >= 11 is 0. The van der Waals surface area contributed by atoms with E-state index in [0.29, 0.717) is 19.0 Å². The molecule has 1 aliphatic rings. The van der Waals surface area contributed by atoms with Crippen LogP contribution in [0.1, 0.15) is 13.8 Å². The third kappa shape index (κ3) is 2.57.